The zero-order chi connectivity index (χ0) is 50.6. The molecule has 2 aromatic heterocycles. The molecular weight excluding hydrogens is 929 g/mol. The van der Waals surface area contributed by atoms with E-state index in [0.717, 1.165) is 11.4 Å². The van der Waals surface area contributed by atoms with Crippen LogP contribution in [0.1, 0.15) is 22.3 Å². The summed E-state index contributed by atoms with van der Waals surface area (Å²) in [7, 11) is 0. The highest BCUT2D eigenvalue weighted by Gasteiger charge is 2.47. The van der Waals surface area contributed by atoms with Crippen LogP contribution in [0.5, 0.6) is 0 Å². The lowest BCUT2D eigenvalue weighted by molar-refractivity contribution is 0.770. The molecular formula is C75H48N2. The second-order valence-corrected chi connectivity index (χ2v) is 20.6. The van der Waals surface area contributed by atoms with Gasteiger partial charge in [-0.05, 0) is 143 Å². The van der Waals surface area contributed by atoms with Crippen molar-refractivity contribution in [2.75, 3.05) is 0 Å². The van der Waals surface area contributed by atoms with E-state index in [-0.39, 0.29) is 0 Å². The first-order chi connectivity index (χ1) is 38.2. The Hall–Kier alpha value is -10.0. The SMILES string of the molecule is c1ccc(-n2c3ccccc3c3ccc(-c4cccc5c(-c6cccc7c6C(c6ccccc6)(c6ccccc6)c6ccccc6-7)c6cccc(-c7ccc8c9ccccc9n(-c9ccccc9)c8c7)c6cc45)cc32)cc1. The Kier molecular flexibility index (Phi) is 9.58. The van der Waals surface area contributed by atoms with Gasteiger partial charge in [0, 0.05) is 32.9 Å². The number of rotatable bonds is 7. The lowest BCUT2D eigenvalue weighted by Crippen LogP contribution is -2.29. The van der Waals surface area contributed by atoms with Gasteiger partial charge in [0.2, 0.25) is 0 Å². The van der Waals surface area contributed by atoms with Gasteiger partial charge in [0.05, 0.1) is 27.5 Å². The Morgan fingerprint density at radius 3 is 1.16 bits per heavy atom. The molecule has 358 valence electrons. The van der Waals surface area contributed by atoms with Crippen LogP contribution in [0.2, 0.25) is 0 Å². The van der Waals surface area contributed by atoms with Crippen molar-refractivity contribution in [2.45, 2.75) is 5.41 Å². The van der Waals surface area contributed by atoms with E-state index in [0.29, 0.717) is 0 Å². The van der Waals surface area contributed by atoms with Gasteiger partial charge in [-0.25, -0.2) is 0 Å². The number of para-hydroxylation sites is 4. The van der Waals surface area contributed by atoms with Gasteiger partial charge in [-0.15, -0.1) is 0 Å². The molecule has 2 heterocycles. The lowest BCUT2D eigenvalue weighted by atomic mass is 9.65. The number of fused-ring (bicyclic) bond motifs is 11. The van der Waals surface area contributed by atoms with E-state index in [1.807, 2.05) is 0 Å². The van der Waals surface area contributed by atoms with Crippen LogP contribution in [0, 0.1) is 0 Å². The van der Waals surface area contributed by atoms with Gasteiger partial charge in [-0.2, -0.15) is 0 Å². The summed E-state index contributed by atoms with van der Waals surface area (Å²) in [6.07, 6.45) is 0. The molecule has 0 unspecified atom stereocenters. The van der Waals surface area contributed by atoms with Crippen molar-refractivity contribution >= 4 is 65.2 Å². The van der Waals surface area contributed by atoms with Gasteiger partial charge in [0.1, 0.15) is 0 Å². The molecule has 1 aliphatic rings. The molecule has 0 fully saturated rings. The first-order valence-electron chi connectivity index (χ1n) is 26.8. The number of benzene rings is 13. The summed E-state index contributed by atoms with van der Waals surface area (Å²) < 4.78 is 4.86. The maximum Gasteiger partial charge on any atom is 0.0719 e. The number of hydrogen-bond acceptors (Lipinski definition) is 0. The van der Waals surface area contributed by atoms with E-state index < -0.39 is 5.41 Å². The molecule has 0 amide bonds. The highest BCUT2D eigenvalue weighted by Crippen LogP contribution is 2.60. The van der Waals surface area contributed by atoms with Gasteiger partial charge in [0.25, 0.3) is 0 Å². The fourth-order valence-electron chi connectivity index (χ4n) is 13.7. The standard InChI is InChI=1S/C75H48N2/c1-5-22-51(23-6-1)75(52-24-7-2-8-25-52)68-39-16-13-30-57(68)64-37-21-38-65(74(64)75)73-62-35-19-33-55(49-42-44-60-58-31-14-17-40-69(58)76(71(60)46-49)53-26-9-3-10-27-53)66(62)48-67-56(34-20-36-63(67)73)50-43-45-61-59-32-15-18-41-70(59)77(72(61)47-50)54-28-11-4-12-29-54/h1-48H. The zero-order valence-electron chi connectivity index (χ0n) is 42.1. The summed E-state index contributed by atoms with van der Waals surface area (Å²) in [4.78, 5) is 0. The molecule has 1 aliphatic carbocycles. The van der Waals surface area contributed by atoms with Crippen LogP contribution >= 0.6 is 0 Å². The molecule has 0 saturated heterocycles. The van der Waals surface area contributed by atoms with Crippen LogP contribution < -0.4 is 0 Å². The molecule has 2 nitrogen and oxygen atoms in total. The molecule has 0 atom stereocenters. The maximum atomic E-state index is 2.51. The Balaban J connectivity index is 1.03. The summed E-state index contributed by atoms with van der Waals surface area (Å²) in [5, 5.41) is 9.83. The predicted molar refractivity (Wildman–Crippen MR) is 324 cm³/mol. The fraction of sp³-hybridized carbons (Fsp3) is 0.0133. The van der Waals surface area contributed by atoms with E-state index >= 15 is 0 Å². The first kappa shape index (κ1) is 43.4. The summed E-state index contributed by atoms with van der Waals surface area (Å²) >= 11 is 0. The Labute approximate surface area is 446 Å². The first-order valence-corrected chi connectivity index (χ1v) is 26.8. The number of hydrogen-bond donors (Lipinski definition) is 0. The molecule has 16 rings (SSSR count). The monoisotopic (exact) mass is 976 g/mol. The third-order valence-electron chi connectivity index (χ3n) is 16.8. The fourth-order valence-corrected chi connectivity index (χ4v) is 13.7. The highest BCUT2D eigenvalue weighted by atomic mass is 15.0. The van der Waals surface area contributed by atoms with Crippen LogP contribution in [0.15, 0.2) is 291 Å². The molecule has 0 spiro atoms. The highest BCUT2D eigenvalue weighted by molar-refractivity contribution is 6.21. The van der Waals surface area contributed by atoms with Crippen LogP contribution in [0.3, 0.4) is 0 Å². The molecule has 15 aromatic rings. The minimum Gasteiger partial charge on any atom is -0.309 e. The van der Waals surface area contributed by atoms with Crippen molar-refractivity contribution in [2.24, 2.45) is 0 Å². The summed E-state index contributed by atoms with van der Waals surface area (Å²) in [6.45, 7) is 0. The maximum absolute atomic E-state index is 2.51. The second-order valence-electron chi connectivity index (χ2n) is 20.6. The Morgan fingerprint density at radius 2 is 0.623 bits per heavy atom. The van der Waals surface area contributed by atoms with Crippen LogP contribution in [0.4, 0.5) is 0 Å². The van der Waals surface area contributed by atoms with Gasteiger partial charge in [-0.3, -0.25) is 0 Å². The third-order valence-corrected chi connectivity index (χ3v) is 16.8. The van der Waals surface area contributed by atoms with Crippen molar-refractivity contribution in [1.29, 1.82) is 0 Å². The van der Waals surface area contributed by atoms with E-state index in [4.69, 9.17) is 0 Å². The largest absolute Gasteiger partial charge is 0.309 e. The Morgan fingerprint density at radius 1 is 0.234 bits per heavy atom. The predicted octanol–water partition coefficient (Wildman–Crippen LogP) is 19.6. The molecule has 0 N–H and O–H groups in total. The van der Waals surface area contributed by atoms with Crippen molar-refractivity contribution in [3.05, 3.63) is 313 Å². The summed E-state index contributed by atoms with van der Waals surface area (Å²) in [6, 6.07) is 109. The number of aromatic nitrogens is 2. The summed E-state index contributed by atoms with van der Waals surface area (Å²) in [5.41, 5.74) is 21.3. The molecule has 0 aliphatic heterocycles. The molecule has 0 radical (unpaired) electrons. The lowest BCUT2D eigenvalue weighted by Gasteiger charge is -2.35. The molecule has 13 aromatic carbocycles. The average Bonchev–Trinajstić information content (AvgIpc) is 4.35. The normalized spacial score (nSPS) is 12.8. The van der Waals surface area contributed by atoms with Gasteiger partial charge in [0.15, 0.2) is 0 Å². The topological polar surface area (TPSA) is 9.86 Å². The van der Waals surface area contributed by atoms with Gasteiger partial charge in [-0.1, -0.05) is 237 Å². The van der Waals surface area contributed by atoms with Crippen LogP contribution in [0.25, 0.3) is 121 Å². The average molecular weight is 977 g/mol. The molecule has 0 saturated carbocycles. The number of nitrogens with zero attached hydrogens (tertiary/aromatic N) is 2. The second kappa shape index (κ2) is 17.0. The van der Waals surface area contributed by atoms with Crippen molar-refractivity contribution in [3.8, 4) is 55.9 Å². The van der Waals surface area contributed by atoms with Gasteiger partial charge < -0.3 is 9.13 Å². The van der Waals surface area contributed by atoms with E-state index in [1.54, 1.807) is 0 Å². The molecule has 2 heteroatoms. The van der Waals surface area contributed by atoms with Crippen molar-refractivity contribution < 1.29 is 0 Å². The minimum atomic E-state index is -0.611. The van der Waals surface area contributed by atoms with Crippen molar-refractivity contribution in [1.82, 2.24) is 9.13 Å². The van der Waals surface area contributed by atoms with Gasteiger partial charge >= 0.3 is 0 Å². The van der Waals surface area contributed by atoms with Crippen LogP contribution in [-0.4, -0.2) is 9.13 Å². The van der Waals surface area contributed by atoms with E-state index in [9.17, 15) is 0 Å². The summed E-state index contributed by atoms with van der Waals surface area (Å²) in [5.74, 6) is 0. The van der Waals surface area contributed by atoms with Crippen LogP contribution in [-0.2, 0) is 5.41 Å². The quantitative estimate of drug-likeness (QED) is 0.141. The zero-order valence-corrected chi connectivity index (χ0v) is 42.1. The molecule has 77 heavy (non-hydrogen) atoms. The third kappa shape index (κ3) is 6.30. The Bertz CT molecular complexity index is 4580. The van der Waals surface area contributed by atoms with Crippen molar-refractivity contribution in [3.63, 3.8) is 0 Å². The molecule has 0 bridgehead atoms. The van der Waals surface area contributed by atoms with E-state index in [2.05, 4.69) is 300 Å². The minimum absolute atomic E-state index is 0.611. The van der Waals surface area contributed by atoms with E-state index in [1.165, 1.54) is 132 Å². The smallest absolute Gasteiger partial charge is 0.0719 e.